The highest BCUT2D eigenvalue weighted by molar-refractivity contribution is 8.23. The molecule has 0 aliphatic carbocycles. The third kappa shape index (κ3) is 3.40. The van der Waals surface area contributed by atoms with E-state index in [1.54, 1.807) is 23.1 Å². The molecule has 1 atom stereocenters. The van der Waals surface area contributed by atoms with Crippen molar-refractivity contribution in [1.82, 2.24) is 14.9 Å². The Morgan fingerprint density at radius 3 is 2.92 bits per heavy atom. The molecule has 1 aliphatic heterocycles. The molecule has 4 rings (SSSR count). The van der Waals surface area contributed by atoms with E-state index < -0.39 is 0 Å². The summed E-state index contributed by atoms with van der Waals surface area (Å²) in [6, 6.07) is 4.03. The Balaban J connectivity index is 1.63. The molecule has 0 aromatic carbocycles. The van der Waals surface area contributed by atoms with Gasteiger partial charge in [0.05, 0.1) is 10.6 Å². The van der Waals surface area contributed by atoms with Gasteiger partial charge in [-0.3, -0.25) is 4.79 Å². The number of thioether (sulfide) groups is 1. The number of fused-ring (bicyclic) bond motifs is 1. The zero-order chi connectivity index (χ0) is 17.4. The summed E-state index contributed by atoms with van der Waals surface area (Å²) in [4.78, 5) is 24.5. The van der Waals surface area contributed by atoms with Crippen molar-refractivity contribution < 1.29 is 0 Å². The first kappa shape index (κ1) is 17.2. The zero-order valence-corrected chi connectivity index (χ0v) is 16.9. The maximum Gasteiger partial charge on any atom is 0.260 e. The van der Waals surface area contributed by atoms with E-state index in [1.165, 1.54) is 24.2 Å². The molecule has 0 bridgehead atoms. The van der Waals surface area contributed by atoms with Crippen molar-refractivity contribution in [2.24, 2.45) is 0 Å². The van der Waals surface area contributed by atoms with E-state index in [1.807, 2.05) is 29.8 Å². The van der Waals surface area contributed by atoms with Crippen LogP contribution in [0.4, 0.5) is 0 Å². The van der Waals surface area contributed by atoms with Crippen molar-refractivity contribution >= 4 is 61.2 Å². The van der Waals surface area contributed by atoms with Crippen LogP contribution >= 0.6 is 46.7 Å². The number of thiocarbonyl (C=S) groups is 1. The van der Waals surface area contributed by atoms with Gasteiger partial charge in [-0.2, -0.15) is 0 Å². The van der Waals surface area contributed by atoms with Crippen LogP contribution in [0.25, 0.3) is 20.7 Å². The number of nitrogens with zero attached hydrogens (tertiary/aromatic N) is 2. The highest BCUT2D eigenvalue weighted by Gasteiger charge is 2.21. The van der Waals surface area contributed by atoms with Crippen molar-refractivity contribution in [1.29, 1.82) is 0 Å². The Hall–Kier alpha value is -1.22. The maximum atomic E-state index is 12.7. The van der Waals surface area contributed by atoms with E-state index in [2.05, 4.69) is 9.88 Å². The summed E-state index contributed by atoms with van der Waals surface area (Å²) in [5, 5.41) is 4.76. The lowest BCUT2D eigenvalue weighted by molar-refractivity contribution is 0.539. The molecular weight excluding hydrogens is 390 g/mol. The third-order valence-corrected chi connectivity index (χ3v) is 7.63. The minimum Gasteiger partial charge on any atom is -0.358 e. The molecular formula is C17H17N3OS4. The summed E-state index contributed by atoms with van der Waals surface area (Å²) in [5.41, 5.74) is 0.910. The molecule has 3 aromatic heterocycles. The molecule has 1 aliphatic rings. The Kier molecular flexibility index (Phi) is 4.95. The number of aromatic amines is 1. The monoisotopic (exact) mass is 407 g/mol. The molecule has 0 amide bonds. The number of hydrogen-bond donors (Lipinski definition) is 1. The summed E-state index contributed by atoms with van der Waals surface area (Å²) >= 11 is 10.3. The average Bonchev–Trinajstić information content (AvgIpc) is 3.34. The fourth-order valence-corrected chi connectivity index (χ4v) is 6.19. The van der Waals surface area contributed by atoms with E-state index in [0.717, 1.165) is 32.7 Å². The fraction of sp³-hybridized carbons (Fsp3) is 0.353. The summed E-state index contributed by atoms with van der Waals surface area (Å²) < 4.78 is 0.901. The van der Waals surface area contributed by atoms with Crippen LogP contribution < -0.4 is 5.56 Å². The Morgan fingerprint density at radius 1 is 1.40 bits per heavy atom. The van der Waals surface area contributed by atoms with E-state index in [0.29, 0.717) is 11.2 Å². The third-order valence-electron chi connectivity index (χ3n) is 4.28. The van der Waals surface area contributed by atoms with Crippen LogP contribution in [-0.2, 0) is 0 Å². The lowest BCUT2D eigenvalue weighted by atomic mass is 10.2. The highest BCUT2D eigenvalue weighted by atomic mass is 32.2. The molecule has 0 saturated carbocycles. The Labute approximate surface area is 163 Å². The topological polar surface area (TPSA) is 49.0 Å². The molecule has 1 fully saturated rings. The van der Waals surface area contributed by atoms with Crippen LogP contribution in [0, 0.1) is 0 Å². The van der Waals surface area contributed by atoms with E-state index >= 15 is 0 Å². The molecule has 25 heavy (non-hydrogen) atoms. The first-order chi connectivity index (χ1) is 12.1. The minimum absolute atomic E-state index is 0.0255. The van der Waals surface area contributed by atoms with Crippen LogP contribution in [0.15, 0.2) is 27.7 Å². The summed E-state index contributed by atoms with van der Waals surface area (Å²) in [5.74, 6) is 0.698. The number of rotatable bonds is 3. The van der Waals surface area contributed by atoms with Crippen molar-refractivity contribution in [2.75, 3.05) is 13.1 Å². The van der Waals surface area contributed by atoms with Gasteiger partial charge in [-0.05, 0) is 31.2 Å². The second-order valence-corrected chi connectivity index (χ2v) is 9.76. The first-order valence-corrected chi connectivity index (χ1v) is 11.2. The molecule has 4 nitrogen and oxygen atoms in total. The first-order valence-electron chi connectivity index (χ1n) is 8.14. The maximum absolute atomic E-state index is 12.7. The Bertz CT molecular complexity index is 954. The summed E-state index contributed by atoms with van der Waals surface area (Å²) in [6.07, 6.45) is 2.41. The molecule has 4 heterocycles. The number of likely N-dealkylation sites (tertiary alicyclic amines) is 1. The van der Waals surface area contributed by atoms with Crippen molar-refractivity contribution in [3.63, 3.8) is 0 Å². The van der Waals surface area contributed by atoms with Crippen LogP contribution in [0.1, 0.15) is 30.8 Å². The number of nitrogens with one attached hydrogen (secondary N) is 1. The second-order valence-electron chi connectivity index (χ2n) is 5.98. The predicted octanol–water partition coefficient (Wildman–Crippen LogP) is 4.89. The number of thiophene rings is 2. The normalized spacial score (nSPS) is 15.8. The molecule has 3 aromatic rings. The second kappa shape index (κ2) is 7.19. The van der Waals surface area contributed by atoms with Gasteiger partial charge < -0.3 is 9.88 Å². The summed E-state index contributed by atoms with van der Waals surface area (Å²) in [7, 11) is 0. The van der Waals surface area contributed by atoms with Crippen LogP contribution in [-0.4, -0.2) is 32.3 Å². The van der Waals surface area contributed by atoms with Crippen molar-refractivity contribution in [3.8, 4) is 10.4 Å². The quantitative estimate of drug-likeness (QED) is 0.627. The molecule has 130 valence electrons. The minimum atomic E-state index is -0.0656. The molecule has 1 saturated heterocycles. The van der Waals surface area contributed by atoms with Gasteiger partial charge in [-0.1, -0.05) is 30.0 Å². The predicted molar refractivity (Wildman–Crippen MR) is 113 cm³/mol. The van der Waals surface area contributed by atoms with Gasteiger partial charge in [-0.25, -0.2) is 4.98 Å². The lowest BCUT2D eigenvalue weighted by Gasteiger charge is -2.20. The van der Waals surface area contributed by atoms with Gasteiger partial charge in [0.2, 0.25) is 0 Å². The van der Waals surface area contributed by atoms with Crippen molar-refractivity contribution in [3.05, 3.63) is 39.1 Å². The van der Waals surface area contributed by atoms with Crippen LogP contribution in [0.3, 0.4) is 0 Å². The largest absolute Gasteiger partial charge is 0.358 e. The SMILES string of the molecule is C[C@H](SC(=S)N1CCCC1)c1nc2scc(-c3cccs3)c2c(=O)[nH]1. The highest BCUT2D eigenvalue weighted by Crippen LogP contribution is 2.35. The van der Waals surface area contributed by atoms with E-state index in [4.69, 9.17) is 17.2 Å². The van der Waals surface area contributed by atoms with Gasteiger partial charge in [0.15, 0.2) is 0 Å². The van der Waals surface area contributed by atoms with Gasteiger partial charge in [0.25, 0.3) is 5.56 Å². The molecule has 0 radical (unpaired) electrons. The van der Waals surface area contributed by atoms with E-state index in [-0.39, 0.29) is 10.8 Å². The fourth-order valence-electron chi connectivity index (χ4n) is 2.95. The Morgan fingerprint density at radius 2 is 2.20 bits per heavy atom. The molecule has 0 unspecified atom stereocenters. The molecule has 0 spiro atoms. The van der Waals surface area contributed by atoms with Crippen LogP contribution in [0.2, 0.25) is 0 Å². The zero-order valence-electron chi connectivity index (χ0n) is 13.7. The summed E-state index contributed by atoms with van der Waals surface area (Å²) in [6.45, 7) is 4.12. The van der Waals surface area contributed by atoms with Crippen molar-refractivity contribution in [2.45, 2.75) is 25.0 Å². The molecule has 1 N–H and O–H groups in total. The van der Waals surface area contributed by atoms with Gasteiger partial charge in [-0.15, -0.1) is 22.7 Å². The van der Waals surface area contributed by atoms with Gasteiger partial charge in [0.1, 0.15) is 15.0 Å². The standard InChI is InChI=1S/C17H17N3OS4/c1-10(25-17(22)20-6-2-3-7-20)14-18-15(21)13-11(9-24-16(13)19-14)12-5-4-8-23-12/h4-5,8-10H,2-3,6-7H2,1H3,(H,18,19,21)/t10-/m0/s1. The number of aromatic nitrogens is 2. The van der Waals surface area contributed by atoms with Crippen LogP contribution in [0.5, 0.6) is 0 Å². The lowest BCUT2D eigenvalue weighted by Crippen LogP contribution is -2.24. The van der Waals surface area contributed by atoms with Gasteiger partial charge in [0, 0.05) is 28.9 Å². The van der Waals surface area contributed by atoms with E-state index in [9.17, 15) is 4.79 Å². The average molecular weight is 408 g/mol. The van der Waals surface area contributed by atoms with Gasteiger partial charge >= 0.3 is 0 Å². The smallest absolute Gasteiger partial charge is 0.260 e. The number of hydrogen-bond acceptors (Lipinski definition) is 6. The number of H-pyrrole nitrogens is 1. The molecule has 8 heteroatoms.